The van der Waals surface area contributed by atoms with Gasteiger partial charge in [0, 0.05) is 22.9 Å². The van der Waals surface area contributed by atoms with Crippen LogP contribution in [0.3, 0.4) is 0 Å². The molecule has 0 bridgehead atoms. The van der Waals surface area contributed by atoms with Crippen LogP contribution in [0.5, 0.6) is 0 Å². The quantitative estimate of drug-likeness (QED) is 0.139. The van der Waals surface area contributed by atoms with Gasteiger partial charge in [0.15, 0.2) is 0 Å². The zero-order chi connectivity index (χ0) is 32.2. The van der Waals surface area contributed by atoms with E-state index in [1.807, 2.05) is 48.5 Å². The Balaban J connectivity index is 1.74. The minimum atomic E-state index is -0.697. The fourth-order valence-corrected chi connectivity index (χ4v) is 5.41. The van der Waals surface area contributed by atoms with Crippen molar-refractivity contribution in [1.29, 1.82) is 0 Å². The molecule has 0 saturated carbocycles. The second kappa shape index (κ2) is 12.9. The molecule has 1 aromatic heterocycles. The van der Waals surface area contributed by atoms with Gasteiger partial charge in [-0.1, -0.05) is 48.5 Å². The van der Waals surface area contributed by atoms with Crippen LogP contribution >= 0.6 is 0 Å². The van der Waals surface area contributed by atoms with Crippen LogP contribution < -0.4 is 11.3 Å². The third-order valence-electron chi connectivity index (χ3n) is 7.43. The van der Waals surface area contributed by atoms with Crippen molar-refractivity contribution in [1.82, 2.24) is 0 Å². The molecular weight excluding hydrogens is 584 g/mol. The summed E-state index contributed by atoms with van der Waals surface area (Å²) in [7, 11) is 0. The summed E-state index contributed by atoms with van der Waals surface area (Å²) in [4.78, 5) is 50.8. The predicted molar refractivity (Wildman–Crippen MR) is 180 cm³/mol. The maximum atomic E-state index is 13.5. The highest BCUT2D eigenvalue weighted by Gasteiger charge is 2.13. The van der Waals surface area contributed by atoms with Crippen LogP contribution in [-0.4, -0.2) is 25.2 Å². The molecule has 0 saturated heterocycles. The van der Waals surface area contributed by atoms with Crippen LogP contribution in [0.25, 0.3) is 66.4 Å². The van der Waals surface area contributed by atoms with Gasteiger partial charge in [-0.05, 0) is 95.1 Å². The average Bonchev–Trinajstić information content (AvgIpc) is 3.06. The summed E-state index contributed by atoms with van der Waals surface area (Å²) in [5.74, 6) is -0.891. The molecule has 6 rings (SSSR count). The van der Waals surface area contributed by atoms with Crippen LogP contribution in [0, 0.1) is 0 Å². The van der Waals surface area contributed by atoms with Gasteiger partial charge < -0.3 is 18.3 Å². The Bertz CT molecular complexity index is 2260. The van der Waals surface area contributed by atoms with Crippen molar-refractivity contribution in [3.05, 3.63) is 129 Å². The maximum absolute atomic E-state index is 13.5. The van der Waals surface area contributed by atoms with Crippen LogP contribution in [0.4, 0.5) is 0 Å². The van der Waals surface area contributed by atoms with Crippen LogP contribution in [0.15, 0.2) is 116 Å². The Morgan fingerprint density at radius 3 is 1.43 bits per heavy atom. The molecule has 0 aliphatic rings. The second-order valence-electron chi connectivity index (χ2n) is 10.3. The zero-order valence-electron chi connectivity index (χ0n) is 25.1. The first kappa shape index (κ1) is 30.0. The Morgan fingerprint density at radius 2 is 1.02 bits per heavy atom. The number of hydrogen-bond acceptors (Lipinski definition) is 8. The van der Waals surface area contributed by atoms with E-state index in [0.29, 0.717) is 10.8 Å². The predicted octanol–water partition coefficient (Wildman–Crippen LogP) is 7.64. The number of benzene rings is 5. The van der Waals surface area contributed by atoms with Gasteiger partial charge in [-0.2, -0.15) is 0 Å². The van der Waals surface area contributed by atoms with Crippen molar-refractivity contribution in [3.63, 3.8) is 0 Å². The van der Waals surface area contributed by atoms with E-state index in [4.69, 9.17) is 18.3 Å². The SMILES string of the molecule is CCOC(=O)C=Cc1ccc2c(ccc3oc(=O)c4ccccc4c(=O)oc4ccc5cc(C=CC(=O)OCC)ccc5c4c32)c1. The Kier molecular flexibility index (Phi) is 8.43. The van der Waals surface area contributed by atoms with E-state index in [1.165, 1.54) is 24.3 Å². The van der Waals surface area contributed by atoms with E-state index in [2.05, 4.69) is 0 Å². The lowest BCUT2D eigenvalue weighted by Crippen LogP contribution is -2.03. The molecule has 0 unspecified atom stereocenters. The first-order valence-corrected chi connectivity index (χ1v) is 14.7. The number of ether oxygens (including phenoxy) is 2. The smallest absolute Gasteiger partial charge is 0.344 e. The van der Waals surface area contributed by atoms with E-state index in [0.717, 1.165) is 32.7 Å². The van der Waals surface area contributed by atoms with Crippen LogP contribution in [-0.2, 0) is 19.1 Å². The summed E-state index contributed by atoms with van der Waals surface area (Å²) >= 11 is 0. The van der Waals surface area contributed by atoms with E-state index in [-0.39, 0.29) is 35.2 Å². The van der Waals surface area contributed by atoms with Gasteiger partial charge in [0.05, 0.1) is 24.0 Å². The lowest BCUT2D eigenvalue weighted by atomic mass is 9.96. The van der Waals surface area contributed by atoms with Gasteiger partial charge in [-0.3, -0.25) is 0 Å². The summed E-state index contributed by atoms with van der Waals surface area (Å²) < 4.78 is 22.0. The monoisotopic (exact) mass is 612 g/mol. The third kappa shape index (κ3) is 6.01. The van der Waals surface area contributed by atoms with E-state index >= 15 is 0 Å². The molecule has 1 heterocycles. The van der Waals surface area contributed by atoms with Gasteiger partial charge in [0.1, 0.15) is 11.2 Å². The number of carbonyl (C=O) groups excluding carboxylic acids is 2. The fourth-order valence-electron chi connectivity index (χ4n) is 5.41. The lowest BCUT2D eigenvalue weighted by molar-refractivity contribution is -0.138. The maximum Gasteiger partial charge on any atom is 0.344 e. The van der Waals surface area contributed by atoms with Crippen LogP contribution in [0.1, 0.15) is 25.0 Å². The molecule has 228 valence electrons. The topological polar surface area (TPSA) is 113 Å². The summed E-state index contributed by atoms with van der Waals surface area (Å²) in [6, 6.07) is 24.6. The Hall–Kier alpha value is -6.02. The molecule has 0 spiro atoms. The molecule has 0 atom stereocenters. The Morgan fingerprint density at radius 1 is 0.587 bits per heavy atom. The van der Waals surface area contributed by atoms with Crippen molar-refractivity contribution < 1.29 is 27.9 Å². The molecule has 0 aliphatic heterocycles. The number of carbonyl (C=O) groups is 2. The molecule has 0 N–H and O–H groups in total. The zero-order valence-corrected chi connectivity index (χ0v) is 25.1. The molecule has 46 heavy (non-hydrogen) atoms. The van der Waals surface area contributed by atoms with Gasteiger partial charge in [-0.15, -0.1) is 0 Å². The first-order chi connectivity index (χ1) is 22.4. The van der Waals surface area contributed by atoms with Crippen molar-refractivity contribution in [2.24, 2.45) is 0 Å². The Labute approximate surface area is 262 Å². The highest BCUT2D eigenvalue weighted by atomic mass is 16.5. The molecule has 0 amide bonds. The van der Waals surface area contributed by atoms with Gasteiger partial charge in [0.2, 0.25) is 0 Å². The number of rotatable bonds is 6. The summed E-state index contributed by atoms with van der Waals surface area (Å²) in [6.07, 6.45) is 6.05. The summed E-state index contributed by atoms with van der Waals surface area (Å²) in [5.41, 5.74) is 0.678. The molecule has 0 radical (unpaired) electrons. The molecule has 8 nitrogen and oxygen atoms in total. The number of hydrogen-bond donors (Lipinski definition) is 0. The van der Waals surface area contributed by atoms with Crippen molar-refractivity contribution >= 4 is 78.3 Å². The van der Waals surface area contributed by atoms with Gasteiger partial charge in [-0.25, -0.2) is 19.2 Å². The third-order valence-corrected chi connectivity index (χ3v) is 7.43. The summed E-state index contributed by atoms with van der Waals surface area (Å²) in [5, 5.41) is 4.30. The molecule has 5 aromatic carbocycles. The summed E-state index contributed by atoms with van der Waals surface area (Å²) in [6.45, 7) is 4.03. The molecule has 6 aromatic rings. The van der Waals surface area contributed by atoms with Crippen molar-refractivity contribution in [2.75, 3.05) is 13.2 Å². The van der Waals surface area contributed by atoms with E-state index in [9.17, 15) is 19.2 Å². The largest absolute Gasteiger partial charge is 0.463 e. The minimum Gasteiger partial charge on any atom is -0.463 e. The normalized spacial score (nSPS) is 11.6. The highest BCUT2D eigenvalue weighted by molar-refractivity contribution is 6.24. The average molecular weight is 613 g/mol. The molecule has 0 fully saturated rings. The lowest BCUT2D eigenvalue weighted by Gasteiger charge is -2.09. The second-order valence-corrected chi connectivity index (χ2v) is 10.3. The van der Waals surface area contributed by atoms with E-state index in [1.54, 1.807) is 50.3 Å². The van der Waals surface area contributed by atoms with E-state index < -0.39 is 23.2 Å². The fraction of sp³-hybridized carbons (Fsp3) is 0.105. The van der Waals surface area contributed by atoms with Crippen LogP contribution in [0.2, 0.25) is 0 Å². The van der Waals surface area contributed by atoms with Gasteiger partial charge in [0.25, 0.3) is 0 Å². The molecule has 0 aliphatic carbocycles. The molecular formula is C38H28O8. The number of fused-ring (bicyclic) bond motifs is 8. The van der Waals surface area contributed by atoms with Crippen molar-refractivity contribution in [3.8, 4) is 0 Å². The number of esters is 2. The highest BCUT2D eigenvalue weighted by Crippen LogP contribution is 2.35. The molecule has 8 heteroatoms. The van der Waals surface area contributed by atoms with Gasteiger partial charge >= 0.3 is 23.2 Å². The van der Waals surface area contributed by atoms with Crippen molar-refractivity contribution in [2.45, 2.75) is 13.8 Å². The minimum absolute atomic E-state index is 0.0836. The standard InChI is InChI=1S/C38H28O8/c1-3-43-33(39)19-11-23-9-15-27-25(21-23)13-17-31-35(27)36-28-16-10-24(12-20-34(40)44-4-2)22-26(28)14-18-32(36)46-38(42)30-8-6-5-7-29(30)37(41)45-31/h5-22H,3-4H2,1-2H3. The first-order valence-electron chi connectivity index (χ1n) is 14.7.